The first-order valence-electron chi connectivity index (χ1n) is 8.18. The molecule has 0 atom stereocenters. The molecule has 0 spiro atoms. The van der Waals surface area contributed by atoms with Gasteiger partial charge in [-0.25, -0.2) is 0 Å². The van der Waals surface area contributed by atoms with Crippen molar-refractivity contribution < 1.29 is 27.8 Å². The summed E-state index contributed by atoms with van der Waals surface area (Å²) < 4.78 is 52.0. The highest BCUT2D eigenvalue weighted by Crippen LogP contribution is 2.35. The number of hydrogen-bond donors (Lipinski definition) is 1. The fourth-order valence-electron chi connectivity index (χ4n) is 3.02. The minimum atomic E-state index is -4.56. The van der Waals surface area contributed by atoms with Gasteiger partial charge in [-0.15, -0.1) is 0 Å². The van der Waals surface area contributed by atoms with Crippen LogP contribution < -0.4 is 9.47 Å². The third kappa shape index (κ3) is 3.69. The van der Waals surface area contributed by atoms with E-state index in [0.717, 1.165) is 0 Å². The van der Waals surface area contributed by atoms with Gasteiger partial charge in [-0.05, 0) is 35.4 Å². The zero-order valence-electron chi connectivity index (χ0n) is 14.0. The Labute approximate surface area is 152 Å². The third-order valence-electron chi connectivity index (χ3n) is 4.19. The van der Waals surface area contributed by atoms with Crippen molar-refractivity contribution >= 4 is 0 Å². The summed E-state index contributed by atoms with van der Waals surface area (Å²) >= 11 is 0. The molecule has 0 fully saturated rings. The van der Waals surface area contributed by atoms with Gasteiger partial charge in [0.15, 0.2) is 17.2 Å². The van der Waals surface area contributed by atoms with E-state index < -0.39 is 11.9 Å². The summed E-state index contributed by atoms with van der Waals surface area (Å²) in [5.74, 6) is 1.15. The maximum absolute atomic E-state index is 13.4. The van der Waals surface area contributed by atoms with Gasteiger partial charge in [0.1, 0.15) is 5.75 Å². The van der Waals surface area contributed by atoms with Gasteiger partial charge in [-0.3, -0.25) is 4.68 Å². The topological polar surface area (TPSA) is 56.5 Å². The first-order chi connectivity index (χ1) is 12.9. The van der Waals surface area contributed by atoms with Crippen molar-refractivity contribution in [3.8, 4) is 17.2 Å². The Morgan fingerprint density at radius 2 is 1.85 bits per heavy atom. The lowest BCUT2D eigenvalue weighted by Gasteiger charge is -2.06. The maximum atomic E-state index is 13.4. The van der Waals surface area contributed by atoms with Crippen molar-refractivity contribution in [3.63, 3.8) is 0 Å². The number of aromatic hydroxyl groups is 1. The SMILES string of the molecule is Oc1cccc(Cn2cc(Cc3ccc4c(c3)OCO4)c(C(F)(F)F)n2)c1. The van der Waals surface area contributed by atoms with Gasteiger partial charge in [-0.1, -0.05) is 18.2 Å². The molecule has 0 radical (unpaired) electrons. The first-order valence-corrected chi connectivity index (χ1v) is 8.18. The minimum Gasteiger partial charge on any atom is -0.508 e. The molecule has 0 aliphatic carbocycles. The Hall–Kier alpha value is -3.16. The molecule has 4 rings (SSSR count). The van der Waals surface area contributed by atoms with Crippen LogP contribution in [0.15, 0.2) is 48.7 Å². The summed E-state index contributed by atoms with van der Waals surface area (Å²) in [5.41, 5.74) is 0.476. The molecule has 0 amide bonds. The highest BCUT2D eigenvalue weighted by molar-refractivity contribution is 5.46. The van der Waals surface area contributed by atoms with Crippen LogP contribution in [0.3, 0.4) is 0 Å². The van der Waals surface area contributed by atoms with Gasteiger partial charge >= 0.3 is 6.18 Å². The minimum absolute atomic E-state index is 0.0521. The van der Waals surface area contributed by atoms with Crippen LogP contribution in [0.4, 0.5) is 13.2 Å². The number of benzene rings is 2. The number of phenols is 1. The molecule has 2 heterocycles. The Kier molecular flexibility index (Phi) is 4.18. The molecule has 0 saturated carbocycles. The van der Waals surface area contributed by atoms with E-state index in [1.165, 1.54) is 23.0 Å². The molecule has 1 aliphatic heterocycles. The van der Waals surface area contributed by atoms with Crippen LogP contribution in [0.2, 0.25) is 0 Å². The van der Waals surface area contributed by atoms with Crippen LogP contribution in [0.1, 0.15) is 22.4 Å². The summed E-state index contributed by atoms with van der Waals surface area (Å²) in [4.78, 5) is 0. The molecular weight excluding hydrogens is 361 g/mol. The van der Waals surface area contributed by atoms with Crippen molar-refractivity contribution in [1.29, 1.82) is 0 Å². The van der Waals surface area contributed by atoms with Crippen molar-refractivity contribution in [2.75, 3.05) is 6.79 Å². The smallest absolute Gasteiger partial charge is 0.435 e. The van der Waals surface area contributed by atoms with E-state index in [1.54, 1.807) is 30.3 Å². The molecule has 2 aromatic carbocycles. The predicted octanol–water partition coefficient (Wildman–Crippen LogP) is 3.98. The predicted molar refractivity (Wildman–Crippen MR) is 89.8 cm³/mol. The summed E-state index contributed by atoms with van der Waals surface area (Å²) in [5, 5.41) is 13.2. The molecule has 140 valence electrons. The molecule has 0 bridgehead atoms. The van der Waals surface area contributed by atoms with Gasteiger partial charge in [0, 0.05) is 18.2 Å². The third-order valence-corrected chi connectivity index (χ3v) is 4.19. The summed E-state index contributed by atoms with van der Waals surface area (Å²) in [6.07, 6.45) is -3.11. The molecule has 3 aromatic rings. The first kappa shape index (κ1) is 17.3. The summed E-state index contributed by atoms with van der Waals surface area (Å²) in [7, 11) is 0. The molecule has 27 heavy (non-hydrogen) atoms. The van der Waals surface area contributed by atoms with E-state index in [0.29, 0.717) is 22.6 Å². The number of phenolic OH excluding ortho intramolecular Hbond substituents is 1. The lowest BCUT2D eigenvalue weighted by Crippen LogP contribution is -2.10. The number of ether oxygens (including phenoxy) is 2. The normalized spacial score (nSPS) is 13.1. The van der Waals surface area contributed by atoms with Crippen LogP contribution in [0, 0.1) is 0 Å². The highest BCUT2D eigenvalue weighted by Gasteiger charge is 2.37. The maximum Gasteiger partial charge on any atom is 0.435 e. The van der Waals surface area contributed by atoms with E-state index in [-0.39, 0.29) is 31.1 Å². The lowest BCUT2D eigenvalue weighted by atomic mass is 10.0. The molecular formula is C19H15F3N2O3. The zero-order chi connectivity index (χ0) is 19.0. The number of hydrogen-bond acceptors (Lipinski definition) is 4. The Morgan fingerprint density at radius 3 is 2.63 bits per heavy atom. The van der Waals surface area contributed by atoms with E-state index in [4.69, 9.17) is 9.47 Å². The number of rotatable bonds is 4. The second kappa shape index (κ2) is 6.53. The van der Waals surface area contributed by atoms with Crippen molar-refractivity contribution in [1.82, 2.24) is 9.78 Å². The lowest BCUT2D eigenvalue weighted by molar-refractivity contribution is -0.142. The molecule has 1 N–H and O–H groups in total. The fraction of sp³-hybridized carbons (Fsp3) is 0.211. The second-order valence-electron chi connectivity index (χ2n) is 6.23. The number of aromatic nitrogens is 2. The van der Waals surface area contributed by atoms with Crippen LogP contribution >= 0.6 is 0 Å². The summed E-state index contributed by atoms with van der Waals surface area (Å²) in [6.45, 7) is 0.229. The Bertz CT molecular complexity index is 983. The van der Waals surface area contributed by atoms with E-state index in [2.05, 4.69) is 5.10 Å². The Morgan fingerprint density at radius 1 is 1.04 bits per heavy atom. The molecule has 8 heteroatoms. The van der Waals surface area contributed by atoms with Crippen LogP contribution in [0.25, 0.3) is 0 Å². The van der Waals surface area contributed by atoms with Gasteiger partial charge in [-0.2, -0.15) is 18.3 Å². The van der Waals surface area contributed by atoms with Gasteiger partial charge in [0.25, 0.3) is 0 Å². The fourth-order valence-corrected chi connectivity index (χ4v) is 3.02. The highest BCUT2D eigenvalue weighted by atomic mass is 19.4. The zero-order valence-corrected chi connectivity index (χ0v) is 14.0. The largest absolute Gasteiger partial charge is 0.508 e. The second-order valence-corrected chi connectivity index (χ2v) is 6.23. The molecule has 5 nitrogen and oxygen atoms in total. The monoisotopic (exact) mass is 376 g/mol. The molecule has 0 saturated heterocycles. The number of fused-ring (bicyclic) bond motifs is 1. The quantitative estimate of drug-likeness (QED) is 0.749. The van der Waals surface area contributed by atoms with Crippen molar-refractivity contribution in [2.24, 2.45) is 0 Å². The van der Waals surface area contributed by atoms with Crippen LogP contribution in [-0.2, 0) is 19.1 Å². The molecule has 0 unspecified atom stereocenters. The van der Waals surface area contributed by atoms with Gasteiger partial charge in [0.2, 0.25) is 6.79 Å². The van der Waals surface area contributed by atoms with E-state index >= 15 is 0 Å². The number of halogens is 3. The average Bonchev–Trinajstić information content (AvgIpc) is 3.21. The van der Waals surface area contributed by atoms with Gasteiger partial charge in [0.05, 0.1) is 6.54 Å². The van der Waals surface area contributed by atoms with Gasteiger partial charge < -0.3 is 14.6 Å². The van der Waals surface area contributed by atoms with Crippen LogP contribution in [-0.4, -0.2) is 21.7 Å². The van der Waals surface area contributed by atoms with Crippen molar-refractivity contribution in [2.45, 2.75) is 19.1 Å². The Balaban J connectivity index is 1.63. The number of nitrogens with zero attached hydrogens (tertiary/aromatic N) is 2. The van der Waals surface area contributed by atoms with E-state index in [9.17, 15) is 18.3 Å². The van der Waals surface area contributed by atoms with Crippen molar-refractivity contribution in [3.05, 3.63) is 71.0 Å². The van der Waals surface area contributed by atoms with E-state index in [1.807, 2.05) is 0 Å². The molecule has 1 aromatic heterocycles. The summed E-state index contributed by atoms with van der Waals surface area (Å²) in [6, 6.07) is 11.4. The molecule has 1 aliphatic rings. The number of alkyl halides is 3. The average molecular weight is 376 g/mol. The standard InChI is InChI=1S/C19H15F3N2O3/c20-19(21,22)18-14(6-12-4-5-16-17(8-12)27-11-26-16)10-24(23-18)9-13-2-1-3-15(25)7-13/h1-5,7-8,10,25H,6,9,11H2. The van der Waals surface area contributed by atoms with Crippen LogP contribution in [0.5, 0.6) is 17.2 Å².